The lowest BCUT2D eigenvalue weighted by Crippen LogP contribution is -2.47. The molecular formula is C25H24ClN5O3S. The third-order valence-electron chi connectivity index (χ3n) is 5.18. The van der Waals surface area contributed by atoms with Crippen LogP contribution in [0.4, 0.5) is 0 Å². The van der Waals surface area contributed by atoms with Crippen LogP contribution < -0.4 is 15.8 Å². The highest BCUT2D eigenvalue weighted by Crippen LogP contribution is 2.26. The monoisotopic (exact) mass is 509 g/mol. The van der Waals surface area contributed by atoms with Gasteiger partial charge in [-0.2, -0.15) is 5.26 Å². The highest BCUT2D eigenvalue weighted by atomic mass is 35.5. The number of benzene rings is 3. The Morgan fingerprint density at radius 1 is 1.11 bits per heavy atom. The maximum Gasteiger partial charge on any atom is 0.238 e. The van der Waals surface area contributed by atoms with Crippen LogP contribution in [-0.4, -0.2) is 32.5 Å². The number of amidine groups is 1. The molecule has 0 aromatic heterocycles. The van der Waals surface area contributed by atoms with Gasteiger partial charge in [0.1, 0.15) is 11.9 Å². The number of nitrogens with zero attached hydrogens (tertiary/aromatic N) is 1. The van der Waals surface area contributed by atoms with E-state index in [-0.39, 0.29) is 18.8 Å². The molecule has 0 heterocycles. The van der Waals surface area contributed by atoms with Crippen LogP contribution in [0.1, 0.15) is 22.3 Å². The van der Waals surface area contributed by atoms with Gasteiger partial charge in [-0.1, -0.05) is 60.1 Å². The molecule has 0 saturated heterocycles. The Morgan fingerprint density at radius 2 is 1.83 bits per heavy atom. The third kappa shape index (κ3) is 7.39. The zero-order chi connectivity index (χ0) is 25.6. The summed E-state index contributed by atoms with van der Waals surface area (Å²) in [5, 5.41) is 20.2. The van der Waals surface area contributed by atoms with Crippen molar-refractivity contribution in [3.63, 3.8) is 0 Å². The average molecular weight is 510 g/mol. The van der Waals surface area contributed by atoms with Gasteiger partial charge in [0.25, 0.3) is 0 Å². The lowest BCUT2D eigenvalue weighted by molar-refractivity contribution is -0.122. The number of nitrogens with one attached hydrogen (secondary N) is 3. The minimum atomic E-state index is -3.66. The number of nitrogens with two attached hydrogens (primary N) is 1. The Morgan fingerprint density at radius 3 is 2.46 bits per heavy atom. The first-order valence-electron chi connectivity index (χ1n) is 10.5. The van der Waals surface area contributed by atoms with Crippen LogP contribution in [0.2, 0.25) is 5.02 Å². The van der Waals surface area contributed by atoms with Gasteiger partial charge in [-0.3, -0.25) is 10.2 Å². The molecule has 8 nitrogen and oxygen atoms in total. The van der Waals surface area contributed by atoms with Crippen molar-refractivity contribution in [2.24, 2.45) is 5.73 Å². The SMILES string of the molecule is CS(=O)(=O)N[C@@H](Cc1cccc(C(=N)N)c1)C(=O)NCc1ccc(-c2ccc(Cl)cc2C#N)cc1. The van der Waals surface area contributed by atoms with Gasteiger partial charge in [-0.05, 0) is 46.9 Å². The topological polar surface area (TPSA) is 149 Å². The van der Waals surface area contributed by atoms with E-state index < -0.39 is 22.0 Å². The summed E-state index contributed by atoms with van der Waals surface area (Å²) in [6.07, 6.45) is 1.08. The summed E-state index contributed by atoms with van der Waals surface area (Å²) in [5.41, 5.74) is 9.51. The second-order valence-electron chi connectivity index (χ2n) is 7.98. The molecule has 0 spiro atoms. The summed E-state index contributed by atoms with van der Waals surface area (Å²) < 4.78 is 26.1. The molecular weight excluding hydrogens is 486 g/mol. The van der Waals surface area contributed by atoms with Crippen LogP contribution in [-0.2, 0) is 27.8 Å². The molecule has 5 N–H and O–H groups in total. The van der Waals surface area contributed by atoms with E-state index in [1.54, 1.807) is 42.5 Å². The molecule has 0 aliphatic carbocycles. The van der Waals surface area contributed by atoms with E-state index in [0.29, 0.717) is 21.7 Å². The van der Waals surface area contributed by atoms with E-state index in [0.717, 1.165) is 22.9 Å². The van der Waals surface area contributed by atoms with Gasteiger partial charge in [0.05, 0.1) is 17.9 Å². The molecule has 0 aliphatic rings. The number of nitriles is 1. The van der Waals surface area contributed by atoms with Gasteiger partial charge in [0.15, 0.2) is 0 Å². The van der Waals surface area contributed by atoms with Gasteiger partial charge in [0.2, 0.25) is 15.9 Å². The van der Waals surface area contributed by atoms with Gasteiger partial charge in [0, 0.05) is 17.1 Å². The molecule has 3 rings (SSSR count). The van der Waals surface area contributed by atoms with Crippen LogP contribution in [0.25, 0.3) is 11.1 Å². The fraction of sp³-hybridized carbons (Fsp3) is 0.160. The highest BCUT2D eigenvalue weighted by molar-refractivity contribution is 7.88. The maximum absolute atomic E-state index is 12.9. The van der Waals surface area contributed by atoms with Gasteiger partial charge in [-0.25, -0.2) is 13.1 Å². The second kappa shape index (κ2) is 11.1. The second-order valence-corrected chi connectivity index (χ2v) is 10.2. The number of hydrogen-bond donors (Lipinski definition) is 4. The molecule has 0 unspecified atom stereocenters. The number of rotatable bonds is 9. The van der Waals surface area contributed by atoms with Gasteiger partial charge < -0.3 is 11.1 Å². The van der Waals surface area contributed by atoms with E-state index in [1.165, 1.54) is 0 Å². The van der Waals surface area contributed by atoms with Crippen LogP contribution >= 0.6 is 11.6 Å². The van der Waals surface area contributed by atoms with Crippen molar-refractivity contribution in [1.82, 2.24) is 10.0 Å². The van der Waals surface area contributed by atoms with E-state index in [2.05, 4.69) is 16.1 Å². The standard InChI is InChI=1S/C25H24ClN5O3S/c1-35(33,34)31-23(12-17-3-2-4-19(11-17)24(28)29)25(32)30-15-16-5-7-18(8-6-16)22-10-9-21(26)13-20(22)14-27/h2-11,13,23,31H,12,15H2,1H3,(H3,28,29)(H,30,32)/t23-/m0/s1. The van der Waals surface area contributed by atoms with Crippen molar-refractivity contribution in [1.29, 1.82) is 10.7 Å². The summed E-state index contributed by atoms with van der Waals surface area (Å²) in [5.74, 6) is -0.606. The molecule has 3 aromatic rings. The van der Waals surface area contributed by atoms with Crippen LogP contribution in [0, 0.1) is 16.7 Å². The van der Waals surface area contributed by atoms with Crippen LogP contribution in [0.15, 0.2) is 66.7 Å². The van der Waals surface area contributed by atoms with Crippen molar-refractivity contribution < 1.29 is 13.2 Å². The Bertz CT molecular complexity index is 1400. The number of sulfonamides is 1. The minimum Gasteiger partial charge on any atom is -0.384 e. The number of nitrogen functional groups attached to an aromatic ring is 1. The predicted octanol–water partition coefficient (Wildman–Crippen LogP) is 2.94. The molecule has 35 heavy (non-hydrogen) atoms. The molecule has 1 amide bonds. The molecule has 0 fully saturated rings. The summed E-state index contributed by atoms with van der Waals surface area (Å²) in [6.45, 7) is 0.181. The number of carbonyl (C=O) groups is 1. The third-order valence-corrected chi connectivity index (χ3v) is 6.13. The van der Waals surface area contributed by atoms with Crippen molar-refractivity contribution in [3.8, 4) is 17.2 Å². The Balaban J connectivity index is 1.72. The van der Waals surface area contributed by atoms with Crippen molar-refractivity contribution in [3.05, 3.63) is 94.0 Å². The normalized spacial score (nSPS) is 11.9. The Hall–Kier alpha value is -3.71. The molecule has 0 radical (unpaired) electrons. The summed E-state index contributed by atoms with van der Waals surface area (Å²) in [7, 11) is -3.66. The summed E-state index contributed by atoms with van der Waals surface area (Å²) in [6, 6.07) is 20.3. The smallest absolute Gasteiger partial charge is 0.238 e. The first-order chi connectivity index (χ1) is 16.6. The molecule has 180 valence electrons. The van der Waals surface area contributed by atoms with Crippen molar-refractivity contribution in [2.45, 2.75) is 19.0 Å². The quantitative estimate of drug-likeness (QED) is 0.258. The average Bonchev–Trinajstić information content (AvgIpc) is 2.81. The van der Waals surface area contributed by atoms with Crippen LogP contribution in [0.3, 0.4) is 0 Å². The zero-order valence-corrected chi connectivity index (χ0v) is 20.5. The van der Waals surface area contributed by atoms with Gasteiger partial charge >= 0.3 is 0 Å². The highest BCUT2D eigenvalue weighted by Gasteiger charge is 2.22. The predicted molar refractivity (Wildman–Crippen MR) is 136 cm³/mol. The van der Waals surface area contributed by atoms with Crippen LogP contribution in [0.5, 0.6) is 0 Å². The number of hydrogen-bond acceptors (Lipinski definition) is 5. The van der Waals surface area contributed by atoms with Gasteiger partial charge in [-0.15, -0.1) is 0 Å². The number of halogens is 1. The maximum atomic E-state index is 12.9. The van der Waals surface area contributed by atoms with E-state index in [1.807, 2.05) is 24.3 Å². The first-order valence-corrected chi connectivity index (χ1v) is 12.8. The summed E-state index contributed by atoms with van der Waals surface area (Å²) in [4.78, 5) is 12.9. The van der Waals surface area contributed by atoms with E-state index in [9.17, 15) is 18.5 Å². The number of carbonyl (C=O) groups excluding carboxylic acids is 1. The zero-order valence-electron chi connectivity index (χ0n) is 18.9. The lowest BCUT2D eigenvalue weighted by atomic mass is 9.99. The number of amides is 1. The van der Waals surface area contributed by atoms with E-state index in [4.69, 9.17) is 22.7 Å². The lowest BCUT2D eigenvalue weighted by Gasteiger charge is -2.18. The fourth-order valence-electron chi connectivity index (χ4n) is 3.52. The fourth-order valence-corrected chi connectivity index (χ4v) is 4.40. The van der Waals surface area contributed by atoms with E-state index >= 15 is 0 Å². The van der Waals surface area contributed by atoms with Crippen molar-refractivity contribution in [2.75, 3.05) is 6.26 Å². The molecule has 0 bridgehead atoms. The molecule has 3 aromatic carbocycles. The molecule has 10 heteroatoms. The first kappa shape index (κ1) is 25.9. The molecule has 1 atom stereocenters. The Kier molecular flexibility index (Phi) is 8.25. The largest absolute Gasteiger partial charge is 0.384 e. The van der Waals surface area contributed by atoms with Crippen molar-refractivity contribution >= 4 is 33.4 Å². The summed E-state index contributed by atoms with van der Waals surface area (Å²) >= 11 is 5.97. The Labute approximate surface area is 209 Å². The molecule has 0 aliphatic heterocycles. The minimum absolute atomic E-state index is 0.0897. The molecule has 0 saturated carbocycles.